The molecule has 0 aliphatic carbocycles. The van der Waals surface area contributed by atoms with Crippen molar-refractivity contribution in [3.63, 3.8) is 0 Å². The summed E-state index contributed by atoms with van der Waals surface area (Å²) in [4.78, 5) is 18.2. The van der Waals surface area contributed by atoms with Gasteiger partial charge in [-0.15, -0.1) is 5.10 Å². The number of hydrogen-bond donors (Lipinski definition) is 1. The molecule has 1 aliphatic rings. The molecule has 0 saturated heterocycles. The van der Waals surface area contributed by atoms with Crippen LogP contribution in [-0.2, 0) is 16.1 Å². The zero-order valence-corrected chi connectivity index (χ0v) is 22.6. The predicted octanol–water partition coefficient (Wildman–Crippen LogP) is 6.00. The number of carbonyl (C=O) groups is 1. The van der Waals surface area contributed by atoms with E-state index >= 15 is 0 Å². The van der Waals surface area contributed by atoms with Crippen LogP contribution in [0, 0.1) is 0 Å². The number of ether oxygens (including phenoxy) is 3. The second kappa shape index (κ2) is 12.7. The molecule has 1 unspecified atom stereocenters. The summed E-state index contributed by atoms with van der Waals surface area (Å²) in [5.41, 5.74) is 2.91. The smallest absolute Gasteiger partial charge is 0.338 e. The third-order valence-electron chi connectivity index (χ3n) is 5.88. The summed E-state index contributed by atoms with van der Waals surface area (Å²) >= 11 is 1.55. The van der Waals surface area contributed by atoms with Gasteiger partial charge in [-0.05, 0) is 49.3 Å². The molecule has 9 heteroatoms. The largest absolute Gasteiger partial charge is 0.490 e. The lowest BCUT2D eigenvalue weighted by Gasteiger charge is -2.28. The van der Waals surface area contributed by atoms with Gasteiger partial charge in [-0.3, -0.25) is 0 Å². The average Bonchev–Trinajstić information content (AvgIpc) is 3.30. The third-order valence-corrected chi connectivity index (χ3v) is 6.60. The fourth-order valence-corrected chi connectivity index (χ4v) is 4.66. The third kappa shape index (κ3) is 6.28. The van der Waals surface area contributed by atoms with Crippen LogP contribution in [0.4, 0.5) is 5.95 Å². The number of hydrogen-bond acceptors (Lipinski definition) is 8. The Balaban J connectivity index is 1.72. The molecule has 3 aromatic rings. The van der Waals surface area contributed by atoms with Gasteiger partial charge in [0.1, 0.15) is 12.6 Å². The van der Waals surface area contributed by atoms with Crippen molar-refractivity contribution >= 4 is 23.7 Å². The van der Waals surface area contributed by atoms with Crippen molar-refractivity contribution in [3.8, 4) is 11.5 Å². The first-order chi connectivity index (χ1) is 18.0. The summed E-state index contributed by atoms with van der Waals surface area (Å²) in [5.74, 6) is 2.33. The fourth-order valence-electron chi connectivity index (χ4n) is 4.10. The van der Waals surface area contributed by atoms with E-state index in [0.717, 1.165) is 29.7 Å². The average molecular weight is 523 g/mol. The van der Waals surface area contributed by atoms with E-state index in [1.807, 2.05) is 62.4 Å². The van der Waals surface area contributed by atoms with Crippen molar-refractivity contribution in [1.82, 2.24) is 14.8 Å². The summed E-state index contributed by atoms with van der Waals surface area (Å²) < 4.78 is 19.4. The van der Waals surface area contributed by atoms with E-state index in [-0.39, 0.29) is 6.61 Å². The van der Waals surface area contributed by atoms with Gasteiger partial charge in [0.25, 0.3) is 0 Å². The maximum atomic E-state index is 13.5. The van der Waals surface area contributed by atoms with Gasteiger partial charge in [0, 0.05) is 5.70 Å². The quantitative estimate of drug-likeness (QED) is 0.176. The molecule has 1 atom stereocenters. The molecule has 0 amide bonds. The topological polar surface area (TPSA) is 87.5 Å². The van der Waals surface area contributed by atoms with Gasteiger partial charge in [-0.2, -0.15) is 4.98 Å². The minimum Gasteiger partial charge on any atom is -0.490 e. The van der Waals surface area contributed by atoms with Gasteiger partial charge in [0.05, 0.1) is 18.8 Å². The number of carbonyl (C=O) groups excluding carboxylic acids is 1. The molecule has 4 rings (SSSR count). The van der Waals surface area contributed by atoms with E-state index in [4.69, 9.17) is 19.3 Å². The molecule has 0 radical (unpaired) electrons. The molecule has 1 aromatic heterocycles. The van der Waals surface area contributed by atoms with Crippen LogP contribution in [0.25, 0.3) is 0 Å². The Labute approximate surface area is 222 Å². The number of esters is 1. The molecule has 0 fully saturated rings. The Hall–Kier alpha value is -3.46. The number of nitrogens with one attached hydrogen (secondary N) is 1. The highest BCUT2D eigenvalue weighted by Gasteiger charge is 2.36. The van der Waals surface area contributed by atoms with Crippen molar-refractivity contribution in [2.75, 3.05) is 24.3 Å². The van der Waals surface area contributed by atoms with Crippen LogP contribution in [0.1, 0.15) is 57.7 Å². The van der Waals surface area contributed by atoms with Crippen LogP contribution < -0.4 is 14.8 Å². The molecule has 2 heterocycles. The number of fused-ring (bicyclic) bond motifs is 1. The number of nitrogens with zero attached hydrogens (tertiary/aromatic N) is 3. The van der Waals surface area contributed by atoms with E-state index in [0.29, 0.717) is 47.1 Å². The number of rotatable bonds is 12. The van der Waals surface area contributed by atoms with Gasteiger partial charge < -0.3 is 19.5 Å². The molecular formula is C28H34N4O4S. The van der Waals surface area contributed by atoms with Crippen LogP contribution in [0.2, 0.25) is 0 Å². The van der Waals surface area contributed by atoms with Crippen LogP contribution in [0.3, 0.4) is 0 Å². The molecule has 1 N–H and O–H groups in total. The van der Waals surface area contributed by atoms with Crippen LogP contribution in [0.15, 0.2) is 65.0 Å². The SMILES string of the molecule is CCCCOc1ccc(C2C(C(=O)OCc3ccccc3)=C(C)Nc3nc(SCC)nn32)cc1OCC. The van der Waals surface area contributed by atoms with Crippen LogP contribution >= 0.6 is 11.8 Å². The number of aromatic nitrogens is 3. The number of allylic oxidation sites excluding steroid dienone is 1. The lowest BCUT2D eigenvalue weighted by molar-refractivity contribution is -0.140. The van der Waals surface area contributed by atoms with E-state index in [2.05, 4.69) is 24.1 Å². The van der Waals surface area contributed by atoms with Crippen molar-refractivity contribution < 1.29 is 19.0 Å². The minimum atomic E-state index is -0.540. The highest BCUT2D eigenvalue weighted by Crippen LogP contribution is 2.40. The first-order valence-corrected chi connectivity index (χ1v) is 13.7. The summed E-state index contributed by atoms with van der Waals surface area (Å²) in [5, 5.41) is 8.63. The van der Waals surface area contributed by atoms with Crippen molar-refractivity contribution in [3.05, 3.63) is 70.9 Å². The normalized spacial score (nSPS) is 14.6. The van der Waals surface area contributed by atoms with Gasteiger partial charge in [0.2, 0.25) is 11.1 Å². The number of anilines is 1. The maximum absolute atomic E-state index is 13.5. The summed E-state index contributed by atoms with van der Waals surface area (Å²) in [6.07, 6.45) is 2.00. The van der Waals surface area contributed by atoms with Gasteiger partial charge in [-0.25, -0.2) is 9.48 Å². The minimum absolute atomic E-state index is 0.179. The first-order valence-electron chi connectivity index (χ1n) is 12.7. The molecule has 8 nitrogen and oxygen atoms in total. The van der Waals surface area contributed by atoms with Crippen molar-refractivity contribution in [1.29, 1.82) is 0 Å². The second-order valence-electron chi connectivity index (χ2n) is 8.56. The fraction of sp³-hybridized carbons (Fsp3) is 0.393. The van der Waals surface area contributed by atoms with E-state index < -0.39 is 12.0 Å². The first kappa shape index (κ1) is 26.6. The summed E-state index contributed by atoms with van der Waals surface area (Å²) in [6, 6.07) is 14.9. The molecule has 0 spiro atoms. The molecule has 2 aromatic carbocycles. The van der Waals surface area contributed by atoms with Crippen LogP contribution in [-0.4, -0.2) is 39.7 Å². The number of thioether (sulfide) groups is 1. The van der Waals surface area contributed by atoms with Crippen molar-refractivity contribution in [2.24, 2.45) is 0 Å². The van der Waals surface area contributed by atoms with Gasteiger partial charge in [-0.1, -0.05) is 68.4 Å². The Bertz CT molecular complexity index is 1240. The van der Waals surface area contributed by atoms with E-state index in [1.165, 1.54) is 0 Å². The second-order valence-corrected chi connectivity index (χ2v) is 9.80. The molecular weight excluding hydrogens is 488 g/mol. The number of benzene rings is 2. The highest BCUT2D eigenvalue weighted by molar-refractivity contribution is 7.99. The van der Waals surface area contributed by atoms with E-state index in [1.54, 1.807) is 16.4 Å². The van der Waals surface area contributed by atoms with E-state index in [9.17, 15) is 4.79 Å². The molecule has 196 valence electrons. The Morgan fingerprint density at radius 3 is 2.62 bits per heavy atom. The molecule has 0 saturated carbocycles. The van der Waals surface area contributed by atoms with Gasteiger partial charge >= 0.3 is 5.97 Å². The Morgan fingerprint density at radius 2 is 1.89 bits per heavy atom. The van der Waals surface area contributed by atoms with Crippen LogP contribution in [0.5, 0.6) is 11.5 Å². The highest BCUT2D eigenvalue weighted by atomic mass is 32.2. The van der Waals surface area contributed by atoms with Gasteiger partial charge in [0.15, 0.2) is 11.5 Å². The summed E-state index contributed by atoms with van der Waals surface area (Å²) in [6.45, 7) is 9.27. The number of unbranched alkanes of at least 4 members (excludes halogenated alkanes) is 1. The maximum Gasteiger partial charge on any atom is 0.338 e. The lowest BCUT2D eigenvalue weighted by atomic mass is 9.95. The predicted molar refractivity (Wildman–Crippen MR) is 145 cm³/mol. The standard InChI is InChI=1S/C28H34N4O4S/c1-5-8-16-35-22-15-14-21(17-23(22)34-6-2)25-24(26(33)36-18-20-12-10-9-11-13-20)19(4)29-27-30-28(37-7-3)31-32(25)27/h9-15,17,25H,5-8,16,18H2,1-4H3,(H,29,30,31). The zero-order valence-electron chi connectivity index (χ0n) is 21.8. The monoisotopic (exact) mass is 522 g/mol. The molecule has 0 bridgehead atoms. The van der Waals surface area contributed by atoms with Crippen molar-refractivity contribution in [2.45, 2.75) is 58.3 Å². The Morgan fingerprint density at radius 1 is 1.08 bits per heavy atom. The summed E-state index contributed by atoms with van der Waals surface area (Å²) in [7, 11) is 0. The molecule has 37 heavy (non-hydrogen) atoms. The Kier molecular flexibility index (Phi) is 9.11. The zero-order chi connectivity index (χ0) is 26.2. The molecule has 1 aliphatic heterocycles. The lowest BCUT2D eigenvalue weighted by Crippen LogP contribution is -2.29.